The summed E-state index contributed by atoms with van der Waals surface area (Å²) in [5, 5.41) is 0. The van der Waals surface area contributed by atoms with Crippen molar-refractivity contribution in [3.05, 3.63) is 0 Å². The van der Waals surface area contributed by atoms with Crippen LogP contribution in [-0.4, -0.2) is 51.6 Å². The summed E-state index contributed by atoms with van der Waals surface area (Å²) in [4.78, 5) is 30.6. The van der Waals surface area contributed by atoms with Crippen molar-refractivity contribution in [2.45, 2.75) is 44.9 Å². The van der Waals surface area contributed by atoms with Crippen LogP contribution in [0.15, 0.2) is 0 Å². The lowest BCUT2D eigenvalue weighted by Gasteiger charge is -2.28. The molecule has 8 nitrogen and oxygen atoms in total. The molecule has 1 saturated heterocycles. The van der Waals surface area contributed by atoms with E-state index in [1.54, 1.807) is 20.8 Å². The third-order valence-electron chi connectivity index (χ3n) is 2.51. The predicted molar refractivity (Wildman–Crippen MR) is 67.3 cm³/mol. The molecule has 2 atom stereocenters. The Morgan fingerprint density at radius 2 is 2.05 bits per heavy atom. The Balaban J connectivity index is 2.64. The van der Waals surface area contributed by atoms with Gasteiger partial charge in [0.2, 0.25) is 0 Å². The molecule has 0 radical (unpaired) electrons. The van der Waals surface area contributed by atoms with Crippen LogP contribution in [0.5, 0.6) is 0 Å². The van der Waals surface area contributed by atoms with Gasteiger partial charge >= 0.3 is 13.9 Å². The summed E-state index contributed by atoms with van der Waals surface area (Å²) in [7, 11) is -4.56. The number of carbonyl (C=O) groups excluding carboxylic acids is 1. The van der Waals surface area contributed by atoms with Gasteiger partial charge in [-0.1, -0.05) is 0 Å². The Labute approximate surface area is 112 Å². The summed E-state index contributed by atoms with van der Waals surface area (Å²) in [5.41, 5.74) is 5.12. The lowest BCUT2D eigenvalue weighted by Crippen LogP contribution is -2.42. The number of likely N-dealkylation sites (tertiary alicyclic amines) is 1. The van der Waals surface area contributed by atoms with Gasteiger partial charge in [-0.3, -0.25) is 4.52 Å². The van der Waals surface area contributed by atoms with Gasteiger partial charge in [-0.25, -0.2) is 9.36 Å². The van der Waals surface area contributed by atoms with Crippen molar-refractivity contribution in [1.29, 1.82) is 0 Å². The molecule has 0 saturated carbocycles. The van der Waals surface area contributed by atoms with Gasteiger partial charge in [0.15, 0.2) is 0 Å². The Hall–Kier alpha value is -0.660. The van der Waals surface area contributed by atoms with E-state index in [-0.39, 0.29) is 19.2 Å². The van der Waals surface area contributed by atoms with Crippen molar-refractivity contribution in [3.63, 3.8) is 0 Å². The number of phosphoric ester groups is 1. The maximum atomic E-state index is 11.9. The monoisotopic (exact) mass is 296 g/mol. The molecule has 1 heterocycles. The van der Waals surface area contributed by atoms with Crippen molar-refractivity contribution in [2.24, 2.45) is 5.73 Å². The van der Waals surface area contributed by atoms with Crippen LogP contribution >= 0.6 is 7.82 Å². The molecular weight excluding hydrogens is 275 g/mol. The number of hydrogen-bond acceptors (Lipinski definition) is 5. The van der Waals surface area contributed by atoms with E-state index in [1.807, 2.05) is 0 Å². The highest BCUT2D eigenvalue weighted by molar-refractivity contribution is 7.46. The molecule has 1 amide bonds. The first-order valence-electron chi connectivity index (χ1n) is 5.93. The standard InChI is InChI=1S/C10H21N2O6P/c1-10(2,3)18-9(13)12-5-7(11)4-8(12)6-17-19(14,15)16/h7-8H,4-6,11H2,1-3H3,(H2,14,15,16)/t7?,8-/m0/s1. The highest BCUT2D eigenvalue weighted by atomic mass is 31.2. The van der Waals surface area contributed by atoms with Crippen LogP contribution < -0.4 is 5.73 Å². The van der Waals surface area contributed by atoms with Crippen LogP contribution in [-0.2, 0) is 13.8 Å². The summed E-state index contributed by atoms with van der Waals surface area (Å²) < 4.78 is 20.3. The summed E-state index contributed by atoms with van der Waals surface area (Å²) in [6, 6.07) is -0.740. The fourth-order valence-electron chi connectivity index (χ4n) is 1.84. The molecule has 9 heteroatoms. The van der Waals surface area contributed by atoms with E-state index in [4.69, 9.17) is 20.3 Å². The van der Waals surface area contributed by atoms with Gasteiger partial charge in [0.1, 0.15) is 5.60 Å². The van der Waals surface area contributed by atoms with E-state index in [0.29, 0.717) is 6.42 Å². The first-order valence-corrected chi connectivity index (χ1v) is 7.46. The molecular formula is C10H21N2O6P. The van der Waals surface area contributed by atoms with Gasteiger partial charge in [-0.15, -0.1) is 0 Å². The SMILES string of the molecule is CC(C)(C)OC(=O)N1CC(N)C[C@H]1COP(=O)(O)O. The molecule has 0 aromatic carbocycles. The number of amides is 1. The number of ether oxygens (including phenoxy) is 1. The molecule has 0 aromatic heterocycles. The maximum Gasteiger partial charge on any atom is 0.469 e. The fraction of sp³-hybridized carbons (Fsp3) is 0.900. The molecule has 19 heavy (non-hydrogen) atoms. The zero-order valence-corrected chi connectivity index (χ0v) is 12.2. The second kappa shape index (κ2) is 5.76. The largest absolute Gasteiger partial charge is 0.469 e. The zero-order valence-electron chi connectivity index (χ0n) is 11.3. The van der Waals surface area contributed by atoms with Crippen molar-refractivity contribution in [1.82, 2.24) is 4.90 Å². The molecule has 0 bridgehead atoms. The highest BCUT2D eigenvalue weighted by Crippen LogP contribution is 2.37. The minimum atomic E-state index is -4.56. The van der Waals surface area contributed by atoms with E-state index >= 15 is 0 Å². The third kappa shape index (κ3) is 5.88. The first kappa shape index (κ1) is 16.4. The van der Waals surface area contributed by atoms with Crippen molar-refractivity contribution < 1.29 is 28.4 Å². The van der Waals surface area contributed by atoms with Crippen molar-refractivity contribution in [3.8, 4) is 0 Å². The summed E-state index contributed by atoms with van der Waals surface area (Å²) in [5.74, 6) is 0. The molecule has 1 rings (SSSR count). The fourth-order valence-corrected chi connectivity index (χ4v) is 2.20. The molecule has 1 unspecified atom stereocenters. The van der Waals surface area contributed by atoms with Crippen LogP contribution in [0, 0.1) is 0 Å². The third-order valence-corrected chi connectivity index (χ3v) is 3.00. The lowest BCUT2D eigenvalue weighted by molar-refractivity contribution is 0.0171. The van der Waals surface area contributed by atoms with Crippen LogP contribution in [0.3, 0.4) is 0 Å². The Bertz CT molecular complexity index is 377. The van der Waals surface area contributed by atoms with Gasteiger partial charge in [0, 0.05) is 12.6 Å². The van der Waals surface area contributed by atoms with Gasteiger partial charge in [0.05, 0.1) is 12.6 Å². The Morgan fingerprint density at radius 3 is 2.53 bits per heavy atom. The predicted octanol–water partition coefficient (Wildman–Crippen LogP) is 0.432. The molecule has 1 aliphatic rings. The van der Waals surface area contributed by atoms with E-state index in [1.165, 1.54) is 4.90 Å². The maximum absolute atomic E-state index is 11.9. The quantitative estimate of drug-likeness (QED) is 0.645. The number of nitrogens with zero attached hydrogens (tertiary/aromatic N) is 1. The lowest BCUT2D eigenvalue weighted by atomic mass is 10.2. The molecule has 1 fully saturated rings. The second-order valence-corrected chi connectivity index (χ2v) is 6.81. The van der Waals surface area contributed by atoms with Crippen molar-refractivity contribution >= 4 is 13.9 Å². The molecule has 0 aliphatic carbocycles. The van der Waals surface area contributed by atoms with E-state index in [0.717, 1.165) is 0 Å². The van der Waals surface area contributed by atoms with Gasteiger partial charge in [-0.2, -0.15) is 0 Å². The smallest absolute Gasteiger partial charge is 0.444 e. The average molecular weight is 296 g/mol. The molecule has 0 spiro atoms. The minimum Gasteiger partial charge on any atom is -0.444 e. The Kier molecular flexibility index (Phi) is 4.97. The molecule has 4 N–H and O–H groups in total. The van der Waals surface area contributed by atoms with E-state index in [9.17, 15) is 9.36 Å². The van der Waals surface area contributed by atoms with Crippen LogP contribution in [0.2, 0.25) is 0 Å². The number of nitrogens with two attached hydrogens (primary N) is 1. The first-order chi connectivity index (χ1) is 8.48. The van der Waals surface area contributed by atoms with Gasteiger partial charge < -0.3 is 25.2 Å². The van der Waals surface area contributed by atoms with Gasteiger partial charge in [0.25, 0.3) is 0 Å². The van der Waals surface area contributed by atoms with Crippen molar-refractivity contribution in [2.75, 3.05) is 13.2 Å². The molecule has 112 valence electrons. The topological polar surface area (TPSA) is 122 Å². The highest BCUT2D eigenvalue weighted by Gasteiger charge is 2.37. The summed E-state index contributed by atoms with van der Waals surface area (Å²) in [6.07, 6.45) is -0.140. The molecule has 0 aromatic rings. The Morgan fingerprint density at radius 1 is 1.47 bits per heavy atom. The zero-order chi connectivity index (χ0) is 14.8. The van der Waals surface area contributed by atoms with Crippen LogP contribution in [0.4, 0.5) is 4.79 Å². The average Bonchev–Trinajstić information content (AvgIpc) is 2.53. The second-order valence-electron chi connectivity index (χ2n) is 5.57. The van der Waals surface area contributed by atoms with E-state index < -0.39 is 25.6 Å². The summed E-state index contributed by atoms with van der Waals surface area (Å²) in [6.45, 7) is 5.23. The number of carbonyl (C=O) groups is 1. The molecule has 1 aliphatic heterocycles. The van der Waals surface area contributed by atoms with E-state index in [2.05, 4.69) is 4.52 Å². The van der Waals surface area contributed by atoms with Crippen LogP contribution in [0.1, 0.15) is 27.2 Å². The number of hydrogen-bond donors (Lipinski definition) is 3. The normalized spacial score (nSPS) is 24.6. The summed E-state index contributed by atoms with van der Waals surface area (Å²) >= 11 is 0. The number of rotatable bonds is 3. The number of phosphoric acid groups is 1. The van der Waals surface area contributed by atoms with Gasteiger partial charge in [-0.05, 0) is 27.2 Å². The minimum absolute atomic E-state index is 0.252. The van der Waals surface area contributed by atoms with Crippen LogP contribution in [0.25, 0.3) is 0 Å².